The van der Waals surface area contributed by atoms with Gasteiger partial charge in [0, 0.05) is 13.1 Å². The zero-order chi connectivity index (χ0) is 20.7. The first-order valence-corrected chi connectivity index (χ1v) is 12.6. The van der Waals surface area contributed by atoms with Gasteiger partial charge in [-0.25, -0.2) is 0 Å². The molecule has 0 aromatic rings. The summed E-state index contributed by atoms with van der Waals surface area (Å²) in [6, 6.07) is 0. The first kappa shape index (κ1) is 27.8. The van der Waals surface area contributed by atoms with Crippen LogP contribution in [0.1, 0.15) is 104 Å². The number of unbranched alkanes of at least 4 members (excludes halogenated alkanes) is 10. The number of rotatable bonds is 23. The zero-order valence-corrected chi connectivity index (χ0v) is 19.6. The summed E-state index contributed by atoms with van der Waals surface area (Å²) in [5.74, 6) is 0. The molecule has 0 aliphatic carbocycles. The van der Waals surface area contributed by atoms with Crippen LogP contribution in [0.25, 0.3) is 0 Å². The van der Waals surface area contributed by atoms with Crippen molar-refractivity contribution in [3.63, 3.8) is 0 Å². The normalized spacial score (nSPS) is 11.8. The highest BCUT2D eigenvalue weighted by Crippen LogP contribution is 2.09. The van der Waals surface area contributed by atoms with Crippen LogP contribution >= 0.6 is 0 Å². The molecular formula is C24H54N4. The van der Waals surface area contributed by atoms with Gasteiger partial charge < -0.3 is 21.3 Å². The van der Waals surface area contributed by atoms with Crippen molar-refractivity contribution in [1.29, 1.82) is 0 Å². The smallest absolute Gasteiger partial charge is 0.0109 e. The Morgan fingerprint density at radius 1 is 0.393 bits per heavy atom. The third kappa shape index (κ3) is 19.2. The Morgan fingerprint density at radius 3 is 1.07 bits per heavy atom. The van der Waals surface area contributed by atoms with Gasteiger partial charge in [-0.3, -0.25) is 0 Å². The van der Waals surface area contributed by atoms with Gasteiger partial charge in [-0.05, 0) is 65.0 Å². The molecule has 0 saturated carbocycles. The summed E-state index contributed by atoms with van der Waals surface area (Å²) in [4.78, 5) is 5.31. The Hall–Kier alpha value is -0.160. The van der Waals surface area contributed by atoms with E-state index >= 15 is 0 Å². The van der Waals surface area contributed by atoms with Crippen molar-refractivity contribution in [3.8, 4) is 0 Å². The van der Waals surface area contributed by atoms with Crippen LogP contribution in [0.15, 0.2) is 0 Å². The Bertz CT molecular complexity index is 262. The van der Waals surface area contributed by atoms with Gasteiger partial charge in [0.15, 0.2) is 0 Å². The lowest BCUT2D eigenvalue weighted by Gasteiger charge is -2.28. The fourth-order valence-electron chi connectivity index (χ4n) is 3.81. The van der Waals surface area contributed by atoms with Crippen LogP contribution < -0.4 is 11.5 Å². The van der Waals surface area contributed by atoms with Crippen molar-refractivity contribution in [2.75, 3.05) is 52.4 Å². The van der Waals surface area contributed by atoms with E-state index in [9.17, 15) is 0 Å². The summed E-state index contributed by atoms with van der Waals surface area (Å²) < 4.78 is 0. The molecule has 0 unspecified atom stereocenters. The lowest BCUT2D eigenvalue weighted by molar-refractivity contribution is 0.196. The minimum Gasteiger partial charge on any atom is -0.330 e. The fourth-order valence-corrected chi connectivity index (χ4v) is 3.81. The molecule has 0 atom stereocenters. The van der Waals surface area contributed by atoms with Crippen molar-refractivity contribution >= 4 is 0 Å². The van der Waals surface area contributed by atoms with Crippen molar-refractivity contribution in [1.82, 2.24) is 9.80 Å². The third-order valence-electron chi connectivity index (χ3n) is 5.75. The van der Waals surface area contributed by atoms with E-state index in [2.05, 4.69) is 23.6 Å². The van der Waals surface area contributed by atoms with E-state index in [1.54, 1.807) is 0 Å². The van der Waals surface area contributed by atoms with Crippen molar-refractivity contribution in [2.24, 2.45) is 11.5 Å². The molecule has 170 valence electrons. The number of nitrogens with zero attached hydrogens (tertiary/aromatic N) is 2. The number of nitrogens with two attached hydrogens (primary N) is 2. The number of hydrogen-bond acceptors (Lipinski definition) is 4. The molecule has 0 saturated heterocycles. The SMILES string of the molecule is CCCCCCCCN(CCCCCCCC)CCN(CCCN)CCCN. The van der Waals surface area contributed by atoms with Gasteiger partial charge in [-0.1, -0.05) is 78.1 Å². The Morgan fingerprint density at radius 2 is 0.714 bits per heavy atom. The highest BCUT2D eigenvalue weighted by Gasteiger charge is 2.09. The molecule has 0 radical (unpaired) electrons. The molecule has 0 aliphatic heterocycles. The zero-order valence-electron chi connectivity index (χ0n) is 19.6. The Labute approximate surface area is 177 Å². The molecule has 0 heterocycles. The predicted molar refractivity (Wildman–Crippen MR) is 127 cm³/mol. The van der Waals surface area contributed by atoms with E-state index in [-0.39, 0.29) is 0 Å². The van der Waals surface area contributed by atoms with E-state index < -0.39 is 0 Å². The molecule has 0 rings (SSSR count). The summed E-state index contributed by atoms with van der Waals surface area (Å²) in [7, 11) is 0. The van der Waals surface area contributed by atoms with E-state index in [0.717, 1.165) is 39.0 Å². The van der Waals surface area contributed by atoms with Gasteiger partial charge in [0.1, 0.15) is 0 Å². The third-order valence-corrected chi connectivity index (χ3v) is 5.75. The van der Waals surface area contributed by atoms with Gasteiger partial charge in [-0.15, -0.1) is 0 Å². The van der Waals surface area contributed by atoms with E-state index in [0.29, 0.717) is 0 Å². The minimum atomic E-state index is 0.790. The van der Waals surface area contributed by atoms with Crippen LogP contribution in [0.3, 0.4) is 0 Å². The molecule has 4 nitrogen and oxygen atoms in total. The van der Waals surface area contributed by atoms with E-state index in [1.165, 1.54) is 103 Å². The molecule has 0 aliphatic rings. The van der Waals surface area contributed by atoms with E-state index in [4.69, 9.17) is 11.5 Å². The van der Waals surface area contributed by atoms with Crippen LogP contribution in [0, 0.1) is 0 Å². The molecule has 4 heteroatoms. The highest BCUT2D eigenvalue weighted by atomic mass is 15.2. The Kier molecular flexibility index (Phi) is 23.0. The summed E-state index contributed by atoms with van der Waals surface area (Å²) in [5, 5.41) is 0. The lowest BCUT2D eigenvalue weighted by Crippen LogP contribution is -2.38. The number of hydrogen-bond donors (Lipinski definition) is 2. The molecule has 0 spiro atoms. The predicted octanol–water partition coefficient (Wildman–Crippen LogP) is 5.01. The average molecular weight is 399 g/mol. The second-order valence-corrected chi connectivity index (χ2v) is 8.50. The lowest BCUT2D eigenvalue weighted by atomic mass is 10.1. The summed E-state index contributed by atoms with van der Waals surface area (Å²) in [5.41, 5.74) is 11.5. The van der Waals surface area contributed by atoms with Crippen molar-refractivity contribution < 1.29 is 0 Å². The largest absolute Gasteiger partial charge is 0.330 e. The molecule has 28 heavy (non-hydrogen) atoms. The van der Waals surface area contributed by atoms with Gasteiger partial charge in [0.05, 0.1) is 0 Å². The maximum Gasteiger partial charge on any atom is 0.0109 e. The second kappa shape index (κ2) is 23.1. The summed E-state index contributed by atoms with van der Waals surface area (Å²) in [6.45, 7) is 13.4. The first-order chi connectivity index (χ1) is 13.8. The average Bonchev–Trinajstić information content (AvgIpc) is 2.71. The maximum absolute atomic E-state index is 5.73. The van der Waals surface area contributed by atoms with Crippen LogP contribution in [0.2, 0.25) is 0 Å². The molecule has 4 N–H and O–H groups in total. The summed E-state index contributed by atoms with van der Waals surface area (Å²) in [6.07, 6.45) is 18.9. The van der Waals surface area contributed by atoms with Crippen molar-refractivity contribution in [3.05, 3.63) is 0 Å². The van der Waals surface area contributed by atoms with Gasteiger partial charge in [-0.2, -0.15) is 0 Å². The molecule has 0 aromatic heterocycles. The van der Waals surface area contributed by atoms with Gasteiger partial charge >= 0.3 is 0 Å². The van der Waals surface area contributed by atoms with Crippen LogP contribution in [-0.4, -0.2) is 62.2 Å². The van der Waals surface area contributed by atoms with Crippen LogP contribution in [0.4, 0.5) is 0 Å². The van der Waals surface area contributed by atoms with Crippen LogP contribution in [-0.2, 0) is 0 Å². The van der Waals surface area contributed by atoms with Crippen molar-refractivity contribution in [2.45, 2.75) is 104 Å². The molecule has 0 amide bonds. The highest BCUT2D eigenvalue weighted by molar-refractivity contribution is 4.65. The topological polar surface area (TPSA) is 58.5 Å². The van der Waals surface area contributed by atoms with Gasteiger partial charge in [0.2, 0.25) is 0 Å². The molecule has 0 aromatic carbocycles. The first-order valence-electron chi connectivity index (χ1n) is 12.6. The van der Waals surface area contributed by atoms with Crippen LogP contribution in [0.5, 0.6) is 0 Å². The monoisotopic (exact) mass is 398 g/mol. The summed E-state index contributed by atoms with van der Waals surface area (Å²) >= 11 is 0. The molecule has 0 bridgehead atoms. The maximum atomic E-state index is 5.73. The molecule has 0 fully saturated rings. The Balaban J connectivity index is 4.21. The second-order valence-electron chi connectivity index (χ2n) is 8.50. The van der Waals surface area contributed by atoms with Gasteiger partial charge in [0.25, 0.3) is 0 Å². The fraction of sp³-hybridized carbons (Fsp3) is 1.00. The molecular weight excluding hydrogens is 344 g/mol. The van der Waals surface area contributed by atoms with E-state index in [1.807, 2.05) is 0 Å². The quantitative estimate of drug-likeness (QED) is 0.238. The minimum absolute atomic E-state index is 0.790. The standard InChI is InChI=1S/C24H54N4/c1-3-5-7-9-11-13-19-27(20-14-12-10-8-6-4-2)23-24-28(21-15-17-25)22-16-18-26/h3-26H2,1-2H3.